The maximum absolute atomic E-state index is 12.2. The average Bonchev–Trinajstić information content (AvgIpc) is 2.69. The van der Waals surface area contributed by atoms with Gasteiger partial charge in [-0.3, -0.25) is 14.9 Å². The molecule has 6 nitrogen and oxygen atoms in total. The Morgan fingerprint density at radius 2 is 1.59 bits per heavy atom. The second-order valence-electron chi connectivity index (χ2n) is 5.81. The van der Waals surface area contributed by atoms with Crippen LogP contribution in [0.15, 0.2) is 72.8 Å². The first-order valence-corrected chi connectivity index (χ1v) is 8.24. The van der Waals surface area contributed by atoms with E-state index >= 15 is 0 Å². The molecule has 0 aliphatic rings. The summed E-state index contributed by atoms with van der Waals surface area (Å²) >= 11 is 0. The van der Waals surface area contributed by atoms with Crippen LogP contribution in [0.4, 0.5) is 5.69 Å². The number of rotatable bonds is 6. The van der Waals surface area contributed by atoms with Gasteiger partial charge in [0, 0.05) is 6.07 Å². The lowest BCUT2D eigenvalue weighted by Gasteiger charge is -2.09. The number of esters is 1. The van der Waals surface area contributed by atoms with Gasteiger partial charge in [-0.05, 0) is 22.8 Å². The predicted octanol–water partition coefficient (Wildman–Crippen LogP) is 4.42. The van der Waals surface area contributed by atoms with Crippen molar-refractivity contribution in [3.63, 3.8) is 0 Å². The van der Waals surface area contributed by atoms with Crippen molar-refractivity contribution in [2.75, 3.05) is 7.11 Å². The molecular formula is C21H17NO5. The zero-order valence-electron chi connectivity index (χ0n) is 14.6. The number of non-ortho nitro benzene ring substituents is 1. The highest BCUT2D eigenvalue weighted by Crippen LogP contribution is 2.31. The number of ether oxygens (including phenoxy) is 2. The minimum atomic E-state index is -0.556. The van der Waals surface area contributed by atoms with Gasteiger partial charge < -0.3 is 9.47 Å². The first-order chi connectivity index (χ1) is 13.1. The first kappa shape index (κ1) is 18.1. The van der Waals surface area contributed by atoms with Crippen LogP contribution >= 0.6 is 0 Å². The standard InChI is InChI=1S/C21H17NO5/c1-26-19-12-11-18(22(24)25)14-20(19)27-21(23)13-15-7-9-17(10-8-15)16-5-3-2-4-6-16/h2-12,14H,13H2,1H3. The second-order valence-corrected chi connectivity index (χ2v) is 5.81. The number of benzene rings is 3. The number of nitro benzene ring substituents is 1. The zero-order valence-corrected chi connectivity index (χ0v) is 14.6. The molecule has 136 valence electrons. The first-order valence-electron chi connectivity index (χ1n) is 8.24. The fourth-order valence-electron chi connectivity index (χ4n) is 2.63. The van der Waals surface area contributed by atoms with Gasteiger partial charge in [0.1, 0.15) is 0 Å². The molecule has 0 unspecified atom stereocenters. The number of hydrogen-bond acceptors (Lipinski definition) is 5. The van der Waals surface area contributed by atoms with Crippen molar-refractivity contribution in [3.05, 3.63) is 88.5 Å². The van der Waals surface area contributed by atoms with E-state index in [4.69, 9.17) is 9.47 Å². The van der Waals surface area contributed by atoms with E-state index < -0.39 is 10.9 Å². The van der Waals surface area contributed by atoms with E-state index in [1.807, 2.05) is 54.6 Å². The number of nitro groups is 1. The molecule has 3 rings (SSSR count). The molecule has 0 fully saturated rings. The second kappa shape index (κ2) is 8.14. The van der Waals surface area contributed by atoms with Gasteiger partial charge in [0.15, 0.2) is 11.5 Å². The normalized spacial score (nSPS) is 10.3. The van der Waals surface area contributed by atoms with Crippen LogP contribution in [-0.2, 0) is 11.2 Å². The highest BCUT2D eigenvalue weighted by atomic mass is 16.6. The Bertz CT molecular complexity index is 952. The van der Waals surface area contributed by atoms with E-state index in [0.717, 1.165) is 16.7 Å². The molecule has 0 atom stereocenters. The third kappa shape index (κ3) is 4.49. The minimum Gasteiger partial charge on any atom is -0.493 e. The van der Waals surface area contributed by atoms with Crippen molar-refractivity contribution in [1.82, 2.24) is 0 Å². The summed E-state index contributed by atoms with van der Waals surface area (Å²) in [5.74, 6) is -0.243. The van der Waals surface area contributed by atoms with E-state index in [0.29, 0.717) is 0 Å². The summed E-state index contributed by atoms with van der Waals surface area (Å²) in [6.45, 7) is 0. The molecule has 0 aliphatic heterocycles. The molecule has 3 aromatic rings. The van der Waals surface area contributed by atoms with Crippen molar-refractivity contribution < 1.29 is 19.2 Å². The Morgan fingerprint density at radius 3 is 2.22 bits per heavy atom. The van der Waals surface area contributed by atoms with Gasteiger partial charge in [-0.2, -0.15) is 0 Å². The summed E-state index contributed by atoms with van der Waals surface area (Å²) in [6, 6.07) is 21.4. The van der Waals surface area contributed by atoms with E-state index in [2.05, 4.69) is 0 Å². The van der Waals surface area contributed by atoms with Gasteiger partial charge in [0.2, 0.25) is 0 Å². The van der Waals surface area contributed by atoms with E-state index in [1.165, 1.54) is 25.3 Å². The van der Waals surface area contributed by atoms with E-state index in [-0.39, 0.29) is 23.6 Å². The number of methoxy groups -OCH3 is 1. The largest absolute Gasteiger partial charge is 0.493 e. The van der Waals surface area contributed by atoms with Gasteiger partial charge >= 0.3 is 5.97 Å². The summed E-state index contributed by atoms with van der Waals surface area (Å²) in [4.78, 5) is 22.6. The van der Waals surface area contributed by atoms with E-state index in [9.17, 15) is 14.9 Å². The highest BCUT2D eigenvalue weighted by molar-refractivity contribution is 5.76. The maximum atomic E-state index is 12.2. The van der Waals surface area contributed by atoms with Gasteiger partial charge in [-0.25, -0.2) is 0 Å². The summed E-state index contributed by atoms with van der Waals surface area (Å²) in [5.41, 5.74) is 2.75. The Balaban J connectivity index is 1.71. The average molecular weight is 363 g/mol. The van der Waals surface area contributed by atoms with Crippen molar-refractivity contribution in [1.29, 1.82) is 0 Å². The molecule has 0 heterocycles. The van der Waals surface area contributed by atoms with Crippen LogP contribution in [0.5, 0.6) is 11.5 Å². The molecule has 3 aromatic carbocycles. The molecule has 6 heteroatoms. The molecule has 0 N–H and O–H groups in total. The van der Waals surface area contributed by atoms with Crippen LogP contribution in [0.1, 0.15) is 5.56 Å². The molecule has 0 bridgehead atoms. The number of nitrogens with zero attached hydrogens (tertiary/aromatic N) is 1. The molecule has 0 saturated heterocycles. The lowest BCUT2D eigenvalue weighted by atomic mass is 10.0. The molecule has 0 aromatic heterocycles. The van der Waals surface area contributed by atoms with Crippen LogP contribution in [0.25, 0.3) is 11.1 Å². The molecule has 27 heavy (non-hydrogen) atoms. The van der Waals surface area contributed by atoms with Crippen molar-refractivity contribution in [2.24, 2.45) is 0 Å². The fraction of sp³-hybridized carbons (Fsp3) is 0.0952. The van der Waals surface area contributed by atoms with Crippen molar-refractivity contribution in [3.8, 4) is 22.6 Å². The predicted molar refractivity (Wildman–Crippen MR) is 101 cm³/mol. The lowest BCUT2D eigenvalue weighted by Crippen LogP contribution is -2.12. The quantitative estimate of drug-likeness (QED) is 0.280. The summed E-state index contributed by atoms with van der Waals surface area (Å²) in [6.07, 6.45) is 0.0426. The maximum Gasteiger partial charge on any atom is 0.315 e. The molecular weight excluding hydrogens is 346 g/mol. The van der Waals surface area contributed by atoms with Crippen LogP contribution in [0.2, 0.25) is 0 Å². The SMILES string of the molecule is COc1ccc([N+](=O)[O-])cc1OC(=O)Cc1ccc(-c2ccccc2)cc1. The lowest BCUT2D eigenvalue weighted by molar-refractivity contribution is -0.384. The van der Waals surface area contributed by atoms with Gasteiger partial charge in [-0.1, -0.05) is 54.6 Å². The number of hydrogen-bond donors (Lipinski definition) is 0. The topological polar surface area (TPSA) is 78.7 Å². The number of carbonyl (C=O) groups excluding carboxylic acids is 1. The van der Waals surface area contributed by atoms with Crippen molar-refractivity contribution in [2.45, 2.75) is 6.42 Å². The Labute approximate surface area is 156 Å². The summed E-state index contributed by atoms with van der Waals surface area (Å²) in [5, 5.41) is 10.9. The summed E-state index contributed by atoms with van der Waals surface area (Å²) in [7, 11) is 1.40. The van der Waals surface area contributed by atoms with Crippen LogP contribution in [0.3, 0.4) is 0 Å². The Hall–Kier alpha value is -3.67. The summed E-state index contributed by atoms with van der Waals surface area (Å²) < 4.78 is 10.4. The van der Waals surface area contributed by atoms with Gasteiger partial charge in [-0.15, -0.1) is 0 Å². The monoisotopic (exact) mass is 363 g/mol. The third-order valence-corrected chi connectivity index (χ3v) is 3.99. The highest BCUT2D eigenvalue weighted by Gasteiger charge is 2.16. The van der Waals surface area contributed by atoms with Crippen LogP contribution in [0, 0.1) is 10.1 Å². The minimum absolute atomic E-state index is 0.0256. The smallest absolute Gasteiger partial charge is 0.315 e. The van der Waals surface area contributed by atoms with E-state index in [1.54, 1.807) is 0 Å². The molecule has 0 spiro atoms. The Morgan fingerprint density at radius 1 is 0.926 bits per heavy atom. The Kier molecular flexibility index (Phi) is 5.47. The molecule has 0 aliphatic carbocycles. The molecule has 0 saturated carbocycles. The van der Waals surface area contributed by atoms with Crippen LogP contribution in [-0.4, -0.2) is 18.0 Å². The van der Waals surface area contributed by atoms with Crippen LogP contribution < -0.4 is 9.47 Å². The fourth-order valence-corrected chi connectivity index (χ4v) is 2.63. The van der Waals surface area contributed by atoms with Gasteiger partial charge in [0.05, 0.1) is 24.5 Å². The number of carbonyl (C=O) groups is 1. The third-order valence-electron chi connectivity index (χ3n) is 3.99. The molecule has 0 radical (unpaired) electrons. The van der Waals surface area contributed by atoms with Gasteiger partial charge in [0.25, 0.3) is 5.69 Å². The zero-order chi connectivity index (χ0) is 19.2. The van der Waals surface area contributed by atoms with Crippen molar-refractivity contribution >= 4 is 11.7 Å². The molecule has 0 amide bonds.